The first-order chi connectivity index (χ1) is 10.8. The molecule has 1 fully saturated rings. The average molecular weight is 317 g/mol. The summed E-state index contributed by atoms with van der Waals surface area (Å²) in [5.74, 6) is 4.30. The van der Waals surface area contributed by atoms with Crippen molar-refractivity contribution >= 4 is 11.8 Å². The fourth-order valence-electron chi connectivity index (χ4n) is 2.28. The van der Waals surface area contributed by atoms with Crippen molar-refractivity contribution in [2.24, 2.45) is 0 Å². The van der Waals surface area contributed by atoms with Gasteiger partial charge in [-0.3, -0.25) is 4.57 Å². The molecule has 7 nitrogen and oxygen atoms in total. The van der Waals surface area contributed by atoms with Crippen LogP contribution in [-0.4, -0.2) is 24.9 Å². The summed E-state index contributed by atoms with van der Waals surface area (Å²) in [4.78, 5) is 4.21. The monoisotopic (exact) mass is 317 g/mol. The van der Waals surface area contributed by atoms with Crippen molar-refractivity contribution in [3.05, 3.63) is 41.7 Å². The van der Waals surface area contributed by atoms with Gasteiger partial charge < -0.3 is 8.94 Å². The molecule has 4 rings (SSSR count). The molecule has 0 unspecified atom stereocenters. The summed E-state index contributed by atoms with van der Waals surface area (Å²) < 4.78 is 12.7. The lowest BCUT2D eigenvalue weighted by Gasteiger charge is -2.07. The molecule has 0 aliphatic heterocycles. The van der Waals surface area contributed by atoms with Crippen LogP contribution >= 0.6 is 11.8 Å². The van der Waals surface area contributed by atoms with Crippen molar-refractivity contribution in [1.82, 2.24) is 24.9 Å². The number of nitrogens with zero attached hydrogens (tertiary/aromatic N) is 5. The number of aromatic nitrogens is 5. The third-order valence-electron chi connectivity index (χ3n) is 3.48. The summed E-state index contributed by atoms with van der Waals surface area (Å²) in [6.07, 6.45) is 4.05. The van der Waals surface area contributed by atoms with E-state index >= 15 is 0 Å². The number of hydrogen-bond donors (Lipinski definition) is 0. The van der Waals surface area contributed by atoms with Crippen LogP contribution in [0.15, 0.2) is 32.5 Å². The first kappa shape index (κ1) is 13.6. The second-order valence-corrected chi connectivity index (χ2v) is 6.25. The van der Waals surface area contributed by atoms with E-state index in [1.165, 1.54) is 12.8 Å². The first-order valence-corrected chi connectivity index (χ1v) is 8.15. The maximum Gasteiger partial charge on any atom is 0.237 e. The van der Waals surface area contributed by atoms with E-state index in [4.69, 9.17) is 8.94 Å². The van der Waals surface area contributed by atoms with Gasteiger partial charge in [0, 0.05) is 5.92 Å². The maximum absolute atomic E-state index is 5.46. The number of furan rings is 1. The summed E-state index contributed by atoms with van der Waals surface area (Å²) in [7, 11) is 0. The average Bonchev–Trinajstić information content (AvgIpc) is 2.91. The van der Waals surface area contributed by atoms with Crippen LogP contribution in [0.25, 0.3) is 0 Å². The minimum Gasteiger partial charge on any atom is -0.467 e. The van der Waals surface area contributed by atoms with E-state index < -0.39 is 0 Å². The van der Waals surface area contributed by atoms with Gasteiger partial charge in [0.1, 0.15) is 11.6 Å². The fraction of sp³-hybridized carbons (Fsp3) is 0.429. The zero-order valence-electron chi connectivity index (χ0n) is 12.1. The third kappa shape index (κ3) is 2.78. The Morgan fingerprint density at radius 2 is 2.27 bits per heavy atom. The molecule has 0 spiro atoms. The molecule has 0 N–H and O–H groups in total. The Bertz CT molecular complexity index is 760. The standard InChI is InChI=1S/C14H15N5O2S/c1-9-15-12(21-18-9)8-22-14-17-16-13(10-4-5-10)19(14)7-11-3-2-6-20-11/h2-3,6,10H,4-5,7-8H2,1H3. The maximum atomic E-state index is 5.46. The molecule has 3 heterocycles. The van der Waals surface area contributed by atoms with Gasteiger partial charge in [-0.05, 0) is 31.9 Å². The Balaban J connectivity index is 1.55. The molecule has 1 aliphatic rings. The lowest BCUT2D eigenvalue weighted by atomic mass is 10.3. The highest BCUT2D eigenvalue weighted by atomic mass is 32.2. The summed E-state index contributed by atoms with van der Waals surface area (Å²) in [6, 6.07) is 3.86. The van der Waals surface area contributed by atoms with Crippen molar-refractivity contribution in [1.29, 1.82) is 0 Å². The molecule has 0 amide bonds. The van der Waals surface area contributed by atoms with Crippen molar-refractivity contribution in [3.8, 4) is 0 Å². The predicted octanol–water partition coefficient (Wildman–Crippen LogP) is 2.78. The van der Waals surface area contributed by atoms with Gasteiger partial charge in [0.25, 0.3) is 0 Å². The Hall–Kier alpha value is -2.09. The highest BCUT2D eigenvalue weighted by Gasteiger charge is 2.30. The van der Waals surface area contributed by atoms with Crippen LogP contribution < -0.4 is 0 Å². The number of hydrogen-bond acceptors (Lipinski definition) is 7. The highest BCUT2D eigenvalue weighted by Crippen LogP contribution is 2.40. The smallest absolute Gasteiger partial charge is 0.237 e. The number of thioether (sulfide) groups is 1. The largest absolute Gasteiger partial charge is 0.467 e. The molecule has 1 saturated carbocycles. The van der Waals surface area contributed by atoms with Crippen molar-refractivity contribution in [2.45, 2.75) is 43.1 Å². The van der Waals surface area contributed by atoms with E-state index in [-0.39, 0.29) is 0 Å². The van der Waals surface area contributed by atoms with Gasteiger partial charge in [-0.1, -0.05) is 16.9 Å². The van der Waals surface area contributed by atoms with Gasteiger partial charge in [-0.15, -0.1) is 10.2 Å². The topological polar surface area (TPSA) is 82.8 Å². The van der Waals surface area contributed by atoms with Crippen LogP contribution in [0, 0.1) is 6.92 Å². The SMILES string of the molecule is Cc1noc(CSc2nnc(C3CC3)n2Cc2ccco2)n1. The van der Waals surface area contributed by atoms with Gasteiger partial charge in [0.05, 0.1) is 18.6 Å². The molecule has 22 heavy (non-hydrogen) atoms. The molecule has 0 radical (unpaired) electrons. The zero-order valence-corrected chi connectivity index (χ0v) is 12.9. The Morgan fingerprint density at radius 3 is 2.95 bits per heavy atom. The molecular weight excluding hydrogens is 302 g/mol. The molecule has 1 aliphatic carbocycles. The van der Waals surface area contributed by atoms with Gasteiger partial charge >= 0.3 is 0 Å². The van der Waals surface area contributed by atoms with Gasteiger partial charge in [0.2, 0.25) is 5.89 Å². The van der Waals surface area contributed by atoms with Crippen molar-refractivity contribution in [2.75, 3.05) is 0 Å². The van der Waals surface area contributed by atoms with Crippen LogP contribution in [0.1, 0.15) is 42.1 Å². The predicted molar refractivity (Wildman–Crippen MR) is 78.4 cm³/mol. The summed E-state index contributed by atoms with van der Waals surface area (Å²) in [6.45, 7) is 2.46. The van der Waals surface area contributed by atoms with Crippen LogP contribution in [0.3, 0.4) is 0 Å². The minimum absolute atomic E-state index is 0.530. The third-order valence-corrected chi connectivity index (χ3v) is 4.43. The first-order valence-electron chi connectivity index (χ1n) is 7.17. The lowest BCUT2D eigenvalue weighted by molar-refractivity contribution is 0.387. The number of aryl methyl sites for hydroxylation is 1. The van der Waals surface area contributed by atoms with Gasteiger partial charge in [-0.2, -0.15) is 4.98 Å². The Kier molecular flexibility index (Phi) is 3.45. The molecule has 0 bridgehead atoms. The van der Waals surface area contributed by atoms with E-state index in [1.54, 1.807) is 18.0 Å². The molecular formula is C14H15N5O2S. The molecule has 0 aromatic carbocycles. The highest BCUT2D eigenvalue weighted by molar-refractivity contribution is 7.98. The van der Waals surface area contributed by atoms with Crippen molar-refractivity contribution in [3.63, 3.8) is 0 Å². The molecule has 0 saturated heterocycles. The zero-order chi connectivity index (χ0) is 14.9. The number of rotatable bonds is 6. The molecule has 3 aromatic heterocycles. The van der Waals surface area contributed by atoms with Crippen LogP contribution in [0.2, 0.25) is 0 Å². The fourth-order valence-corrected chi connectivity index (χ4v) is 3.06. The van der Waals surface area contributed by atoms with Gasteiger partial charge in [-0.25, -0.2) is 0 Å². The van der Waals surface area contributed by atoms with E-state index in [0.717, 1.165) is 16.7 Å². The molecule has 3 aromatic rings. The van der Waals surface area contributed by atoms with Crippen LogP contribution in [0.4, 0.5) is 0 Å². The van der Waals surface area contributed by atoms with E-state index in [0.29, 0.717) is 29.9 Å². The van der Waals surface area contributed by atoms with E-state index in [9.17, 15) is 0 Å². The van der Waals surface area contributed by atoms with Crippen LogP contribution in [-0.2, 0) is 12.3 Å². The molecule has 114 valence electrons. The second-order valence-electron chi connectivity index (χ2n) is 5.30. The second kappa shape index (κ2) is 5.60. The quantitative estimate of drug-likeness (QED) is 0.646. The van der Waals surface area contributed by atoms with Crippen LogP contribution in [0.5, 0.6) is 0 Å². The summed E-state index contributed by atoms with van der Waals surface area (Å²) in [5, 5.41) is 13.3. The normalized spacial score (nSPS) is 14.6. The summed E-state index contributed by atoms with van der Waals surface area (Å²) in [5.41, 5.74) is 0. The van der Waals surface area contributed by atoms with E-state index in [1.807, 2.05) is 19.1 Å². The Morgan fingerprint density at radius 1 is 1.36 bits per heavy atom. The summed E-state index contributed by atoms with van der Waals surface area (Å²) >= 11 is 1.55. The Labute approximate surface area is 131 Å². The molecule has 0 atom stereocenters. The van der Waals surface area contributed by atoms with Crippen molar-refractivity contribution < 1.29 is 8.94 Å². The van der Waals surface area contributed by atoms with Gasteiger partial charge in [0.15, 0.2) is 11.0 Å². The minimum atomic E-state index is 0.530. The molecule has 8 heteroatoms. The van der Waals surface area contributed by atoms with E-state index in [2.05, 4.69) is 24.9 Å². The lowest BCUT2D eigenvalue weighted by Crippen LogP contribution is -2.05.